The molecule has 156 valence electrons. The van der Waals surface area contributed by atoms with Gasteiger partial charge in [0.1, 0.15) is 11.9 Å². The Bertz CT molecular complexity index is 973. The Morgan fingerprint density at radius 3 is 2.33 bits per heavy atom. The van der Waals surface area contributed by atoms with Gasteiger partial charge in [0.25, 0.3) is 11.8 Å². The fourth-order valence-corrected chi connectivity index (χ4v) is 4.52. The van der Waals surface area contributed by atoms with E-state index in [4.69, 9.17) is 11.6 Å². The average Bonchev–Trinajstić information content (AvgIpc) is 3.04. The molecule has 7 heteroatoms. The molecule has 30 heavy (non-hydrogen) atoms. The Kier molecular flexibility index (Phi) is 5.86. The first-order valence-corrected chi connectivity index (χ1v) is 10.5. The van der Waals surface area contributed by atoms with Crippen molar-refractivity contribution >= 4 is 35.0 Å². The van der Waals surface area contributed by atoms with Crippen molar-refractivity contribution in [2.24, 2.45) is 0 Å². The molecule has 5 nitrogen and oxygen atoms in total. The molecule has 1 aliphatic carbocycles. The molecule has 0 radical (unpaired) electrons. The Hall–Kier alpha value is -2.73. The molecular weight excluding hydrogens is 407 g/mol. The predicted molar refractivity (Wildman–Crippen MR) is 112 cm³/mol. The van der Waals surface area contributed by atoms with Crippen molar-refractivity contribution in [1.82, 2.24) is 4.90 Å². The van der Waals surface area contributed by atoms with Crippen LogP contribution in [0.25, 0.3) is 0 Å². The second-order valence-electron chi connectivity index (χ2n) is 7.75. The van der Waals surface area contributed by atoms with E-state index in [1.807, 2.05) is 0 Å². The number of halogens is 2. The maximum absolute atomic E-state index is 14.4. The number of hydrogen-bond acceptors (Lipinski definition) is 3. The molecule has 1 saturated heterocycles. The minimum atomic E-state index is -0.941. The van der Waals surface area contributed by atoms with Crippen LogP contribution in [0, 0.1) is 5.82 Å². The summed E-state index contributed by atoms with van der Waals surface area (Å²) in [6.45, 7) is 0. The molecule has 1 unspecified atom stereocenters. The zero-order valence-corrected chi connectivity index (χ0v) is 17.1. The lowest BCUT2D eigenvalue weighted by Gasteiger charge is -2.37. The van der Waals surface area contributed by atoms with Crippen molar-refractivity contribution < 1.29 is 18.8 Å². The summed E-state index contributed by atoms with van der Waals surface area (Å²) in [5.74, 6) is -2.01. The molecule has 2 aromatic rings. The first-order valence-electron chi connectivity index (χ1n) is 10.2. The van der Waals surface area contributed by atoms with E-state index in [0.29, 0.717) is 10.7 Å². The number of carbonyl (C=O) groups is 3. The highest BCUT2D eigenvalue weighted by atomic mass is 35.5. The molecule has 4 rings (SSSR count). The lowest BCUT2D eigenvalue weighted by Crippen LogP contribution is -2.51. The summed E-state index contributed by atoms with van der Waals surface area (Å²) in [4.78, 5) is 42.0. The predicted octanol–water partition coefficient (Wildman–Crippen LogP) is 4.59. The third kappa shape index (κ3) is 3.84. The highest BCUT2D eigenvalue weighted by molar-refractivity contribution is 6.31. The summed E-state index contributed by atoms with van der Waals surface area (Å²) >= 11 is 5.92. The molecule has 0 N–H and O–H groups in total. The summed E-state index contributed by atoms with van der Waals surface area (Å²) in [6, 6.07) is 11.0. The highest BCUT2D eigenvalue weighted by Crippen LogP contribution is 2.32. The Labute approximate surface area is 179 Å². The number of amides is 3. The number of anilines is 1. The largest absolute Gasteiger partial charge is 0.323 e. The normalized spacial score (nSPS) is 19.9. The van der Waals surface area contributed by atoms with Gasteiger partial charge in [0, 0.05) is 11.1 Å². The fraction of sp³-hybridized carbons (Fsp3) is 0.348. The van der Waals surface area contributed by atoms with E-state index in [0.717, 1.165) is 37.0 Å². The minimum Gasteiger partial charge on any atom is -0.323 e. The van der Waals surface area contributed by atoms with Gasteiger partial charge in [-0.2, -0.15) is 0 Å². The van der Waals surface area contributed by atoms with Crippen LogP contribution in [0.15, 0.2) is 48.5 Å². The zero-order valence-electron chi connectivity index (χ0n) is 16.4. The summed E-state index contributed by atoms with van der Waals surface area (Å²) < 4.78 is 14.4. The first kappa shape index (κ1) is 20.5. The summed E-state index contributed by atoms with van der Waals surface area (Å²) in [5, 5.41) is 0.493. The van der Waals surface area contributed by atoms with Crippen molar-refractivity contribution in [1.29, 1.82) is 0 Å². The molecule has 2 aliphatic rings. The van der Waals surface area contributed by atoms with Crippen LogP contribution in [0.3, 0.4) is 0 Å². The minimum absolute atomic E-state index is 0.0757. The number of hydrogen-bond donors (Lipinski definition) is 0. The highest BCUT2D eigenvalue weighted by Gasteiger charge is 2.47. The molecule has 1 atom stereocenters. The quantitative estimate of drug-likeness (QED) is 0.669. The molecule has 3 amide bonds. The van der Waals surface area contributed by atoms with Gasteiger partial charge in [-0.1, -0.05) is 43.0 Å². The summed E-state index contributed by atoms with van der Waals surface area (Å²) in [7, 11) is 0. The second-order valence-corrected chi connectivity index (χ2v) is 8.18. The number of carbonyl (C=O) groups excluding carboxylic acids is 3. The lowest BCUT2D eigenvalue weighted by molar-refractivity contribution is -0.123. The number of benzene rings is 2. The molecule has 2 aromatic carbocycles. The molecule has 1 heterocycles. The van der Waals surface area contributed by atoms with E-state index in [9.17, 15) is 18.8 Å². The van der Waals surface area contributed by atoms with Gasteiger partial charge in [-0.15, -0.1) is 0 Å². The maximum atomic E-state index is 14.4. The molecule has 0 bridgehead atoms. The topological polar surface area (TPSA) is 57.7 Å². The van der Waals surface area contributed by atoms with E-state index < -0.39 is 23.7 Å². The molecule has 1 saturated carbocycles. The van der Waals surface area contributed by atoms with Gasteiger partial charge < -0.3 is 4.90 Å². The van der Waals surface area contributed by atoms with Crippen LogP contribution < -0.4 is 4.90 Å². The standard InChI is InChI=1S/C23H22ClFN2O3/c24-15-10-12-17(13-11-15)27-21(28)14-20(23(27)30)26(16-6-2-1-3-7-16)22(29)18-8-4-5-9-19(18)25/h4-5,8-13,16,20H,1-3,6-7,14H2. The Morgan fingerprint density at radius 2 is 1.67 bits per heavy atom. The van der Waals surface area contributed by atoms with Crippen LogP contribution in [0.4, 0.5) is 10.1 Å². The number of nitrogens with zero attached hydrogens (tertiary/aromatic N) is 2. The van der Waals surface area contributed by atoms with Gasteiger partial charge in [-0.3, -0.25) is 14.4 Å². The molecule has 1 aliphatic heterocycles. The zero-order chi connectivity index (χ0) is 21.3. The van der Waals surface area contributed by atoms with E-state index >= 15 is 0 Å². The third-order valence-corrected chi connectivity index (χ3v) is 6.10. The van der Waals surface area contributed by atoms with Crippen LogP contribution in [-0.2, 0) is 9.59 Å². The van der Waals surface area contributed by atoms with Crippen molar-refractivity contribution in [3.63, 3.8) is 0 Å². The van der Waals surface area contributed by atoms with E-state index in [2.05, 4.69) is 0 Å². The molecule has 2 fully saturated rings. The van der Waals surface area contributed by atoms with Crippen LogP contribution in [0.2, 0.25) is 5.02 Å². The van der Waals surface area contributed by atoms with Crippen molar-refractivity contribution in [3.8, 4) is 0 Å². The van der Waals surface area contributed by atoms with E-state index in [-0.39, 0.29) is 23.9 Å². The van der Waals surface area contributed by atoms with E-state index in [1.54, 1.807) is 30.3 Å². The van der Waals surface area contributed by atoms with Crippen molar-refractivity contribution in [2.75, 3.05) is 4.90 Å². The van der Waals surface area contributed by atoms with Gasteiger partial charge in [0.05, 0.1) is 17.7 Å². The molecular formula is C23H22ClFN2O3. The Balaban J connectivity index is 1.69. The van der Waals surface area contributed by atoms with Crippen molar-refractivity contribution in [2.45, 2.75) is 50.6 Å². The number of rotatable bonds is 4. The fourth-order valence-electron chi connectivity index (χ4n) is 4.39. The number of imide groups is 1. The van der Waals surface area contributed by atoms with Crippen LogP contribution in [0.1, 0.15) is 48.9 Å². The van der Waals surface area contributed by atoms with Gasteiger partial charge in [-0.25, -0.2) is 9.29 Å². The first-order chi connectivity index (χ1) is 14.5. The van der Waals surface area contributed by atoms with Gasteiger partial charge >= 0.3 is 0 Å². The monoisotopic (exact) mass is 428 g/mol. The van der Waals surface area contributed by atoms with Crippen LogP contribution in [-0.4, -0.2) is 34.7 Å². The molecule has 0 aromatic heterocycles. The SMILES string of the molecule is O=C1CC(N(C(=O)c2ccccc2F)C2CCCCC2)C(=O)N1c1ccc(Cl)cc1. The van der Waals surface area contributed by atoms with Crippen LogP contribution in [0.5, 0.6) is 0 Å². The van der Waals surface area contributed by atoms with Gasteiger partial charge in [-0.05, 0) is 49.2 Å². The summed E-state index contributed by atoms with van der Waals surface area (Å²) in [5.41, 5.74) is 0.340. The second kappa shape index (κ2) is 8.56. The molecule has 0 spiro atoms. The maximum Gasteiger partial charge on any atom is 0.257 e. The van der Waals surface area contributed by atoms with E-state index in [1.165, 1.54) is 23.1 Å². The van der Waals surface area contributed by atoms with Gasteiger partial charge in [0.15, 0.2) is 0 Å². The smallest absolute Gasteiger partial charge is 0.257 e. The summed E-state index contributed by atoms with van der Waals surface area (Å²) in [6.07, 6.45) is 4.28. The Morgan fingerprint density at radius 1 is 1.00 bits per heavy atom. The van der Waals surface area contributed by atoms with Crippen molar-refractivity contribution in [3.05, 3.63) is 64.9 Å². The van der Waals surface area contributed by atoms with Crippen LogP contribution >= 0.6 is 11.6 Å². The van der Waals surface area contributed by atoms with Gasteiger partial charge in [0.2, 0.25) is 5.91 Å². The lowest BCUT2D eigenvalue weighted by atomic mass is 9.92. The average molecular weight is 429 g/mol. The third-order valence-electron chi connectivity index (χ3n) is 5.85.